The highest BCUT2D eigenvalue weighted by Gasteiger charge is 2.41. The topological polar surface area (TPSA) is 72.5 Å². The molecule has 25 heavy (non-hydrogen) atoms. The molecule has 2 aliphatic heterocycles. The minimum Gasteiger partial charge on any atom is -0.467 e. The Hall–Kier alpha value is -2.12. The van der Waals surface area contributed by atoms with Crippen LogP contribution in [0.5, 0.6) is 0 Å². The average Bonchev–Trinajstić information content (AvgIpc) is 3.33. The molecular weight excluding hydrogens is 320 g/mol. The van der Waals surface area contributed by atoms with Crippen molar-refractivity contribution in [2.24, 2.45) is 13.0 Å². The predicted octanol–water partition coefficient (Wildman–Crippen LogP) is 1.31. The van der Waals surface area contributed by atoms with Crippen LogP contribution in [0.1, 0.15) is 24.2 Å². The van der Waals surface area contributed by atoms with Gasteiger partial charge in [0.2, 0.25) is 5.91 Å². The number of likely N-dealkylation sites (tertiary alicyclic amines) is 1. The van der Waals surface area contributed by atoms with Gasteiger partial charge in [-0.1, -0.05) is 0 Å². The van der Waals surface area contributed by atoms with Crippen molar-refractivity contribution in [3.05, 3.63) is 42.1 Å². The Morgan fingerprint density at radius 2 is 2.40 bits per heavy atom. The number of nitrogens with one attached hydrogen (secondary N) is 1. The lowest BCUT2D eigenvalue weighted by atomic mass is 9.91. The van der Waals surface area contributed by atoms with E-state index in [0.29, 0.717) is 12.5 Å². The number of piperidine rings is 1. The molecule has 4 heterocycles. The Morgan fingerprint density at radius 1 is 1.48 bits per heavy atom. The third-order valence-electron chi connectivity index (χ3n) is 5.11. The van der Waals surface area contributed by atoms with Crippen LogP contribution < -0.4 is 5.32 Å². The van der Waals surface area contributed by atoms with Crippen LogP contribution in [-0.4, -0.2) is 45.9 Å². The van der Waals surface area contributed by atoms with Crippen LogP contribution in [0.3, 0.4) is 0 Å². The summed E-state index contributed by atoms with van der Waals surface area (Å²) >= 11 is 0. The van der Waals surface area contributed by atoms with Crippen LogP contribution >= 0.6 is 0 Å². The Morgan fingerprint density at radius 3 is 3.16 bits per heavy atom. The smallest absolute Gasteiger partial charge is 0.249 e. The highest BCUT2D eigenvalue weighted by Crippen LogP contribution is 2.33. The molecule has 2 fully saturated rings. The first-order chi connectivity index (χ1) is 12.2. The van der Waals surface area contributed by atoms with Crippen LogP contribution in [0.4, 0.5) is 0 Å². The standard InChI is InChI=1S/C18H24N4O3/c1-21-10-13(8-20-21)11-22-5-4-14-7-16(25-17(14)12-22)18(23)19-9-15-3-2-6-24-15/h2-3,6,8,10,14,16-17H,4-5,7,9,11-12H2,1H3,(H,19,23)/t14-,16-,17+/m0/s1. The molecule has 0 aliphatic carbocycles. The van der Waals surface area contributed by atoms with Crippen molar-refractivity contribution < 1.29 is 13.9 Å². The largest absolute Gasteiger partial charge is 0.467 e. The van der Waals surface area contributed by atoms with Gasteiger partial charge in [0.15, 0.2) is 0 Å². The van der Waals surface area contributed by atoms with Gasteiger partial charge in [-0.25, -0.2) is 0 Å². The molecule has 7 nitrogen and oxygen atoms in total. The minimum atomic E-state index is -0.344. The number of carbonyl (C=O) groups is 1. The summed E-state index contributed by atoms with van der Waals surface area (Å²) in [6.07, 6.45) is 7.26. The maximum atomic E-state index is 12.4. The Labute approximate surface area is 146 Å². The van der Waals surface area contributed by atoms with Gasteiger partial charge in [-0.3, -0.25) is 14.4 Å². The summed E-state index contributed by atoms with van der Waals surface area (Å²) < 4.78 is 13.1. The van der Waals surface area contributed by atoms with Crippen molar-refractivity contribution in [1.82, 2.24) is 20.0 Å². The van der Waals surface area contributed by atoms with Crippen LogP contribution in [0.25, 0.3) is 0 Å². The number of aromatic nitrogens is 2. The molecule has 0 saturated carbocycles. The quantitative estimate of drug-likeness (QED) is 0.885. The van der Waals surface area contributed by atoms with Gasteiger partial charge < -0.3 is 14.5 Å². The molecule has 3 atom stereocenters. The van der Waals surface area contributed by atoms with Gasteiger partial charge in [-0.2, -0.15) is 5.10 Å². The van der Waals surface area contributed by atoms with Crippen molar-refractivity contribution in [3.63, 3.8) is 0 Å². The van der Waals surface area contributed by atoms with Gasteiger partial charge in [0.1, 0.15) is 11.9 Å². The summed E-state index contributed by atoms with van der Waals surface area (Å²) in [4.78, 5) is 14.7. The molecule has 1 N–H and O–H groups in total. The molecule has 2 saturated heterocycles. The summed E-state index contributed by atoms with van der Waals surface area (Å²) in [6, 6.07) is 3.67. The summed E-state index contributed by atoms with van der Waals surface area (Å²) in [6.45, 7) is 3.21. The Kier molecular flexibility index (Phi) is 4.59. The summed E-state index contributed by atoms with van der Waals surface area (Å²) in [5.41, 5.74) is 1.21. The van der Waals surface area contributed by atoms with E-state index in [4.69, 9.17) is 9.15 Å². The zero-order valence-electron chi connectivity index (χ0n) is 14.4. The molecule has 0 bridgehead atoms. The van der Waals surface area contributed by atoms with Crippen LogP contribution in [-0.2, 0) is 29.7 Å². The number of aryl methyl sites for hydroxylation is 1. The number of nitrogens with zero attached hydrogens (tertiary/aromatic N) is 3. The number of ether oxygens (including phenoxy) is 1. The average molecular weight is 344 g/mol. The second-order valence-electron chi connectivity index (χ2n) is 7.00. The fourth-order valence-electron chi connectivity index (χ4n) is 3.82. The molecule has 134 valence electrons. The zero-order chi connectivity index (χ0) is 17.2. The van der Waals surface area contributed by atoms with Gasteiger partial charge in [0, 0.05) is 31.9 Å². The maximum Gasteiger partial charge on any atom is 0.249 e. The summed E-state index contributed by atoms with van der Waals surface area (Å²) in [5.74, 6) is 1.19. The first-order valence-electron chi connectivity index (χ1n) is 8.83. The summed E-state index contributed by atoms with van der Waals surface area (Å²) in [7, 11) is 1.93. The highest BCUT2D eigenvalue weighted by atomic mass is 16.5. The molecule has 0 spiro atoms. The van der Waals surface area contributed by atoms with Crippen LogP contribution in [0.2, 0.25) is 0 Å². The molecule has 2 aliphatic rings. The molecule has 7 heteroatoms. The van der Waals surface area contributed by atoms with E-state index >= 15 is 0 Å². The van der Waals surface area contributed by atoms with E-state index in [1.54, 1.807) is 6.26 Å². The molecule has 1 amide bonds. The number of furan rings is 1. The van der Waals surface area contributed by atoms with Crippen molar-refractivity contribution in [2.75, 3.05) is 13.1 Å². The zero-order valence-corrected chi connectivity index (χ0v) is 14.4. The number of amides is 1. The maximum absolute atomic E-state index is 12.4. The van der Waals surface area contributed by atoms with Gasteiger partial charge in [-0.15, -0.1) is 0 Å². The molecule has 2 aromatic heterocycles. The van der Waals surface area contributed by atoms with Gasteiger partial charge in [0.25, 0.3) is 0 Å². The summed E-state index contributed by atoms with van der Waals surface area (Å²) in [5, 5.41) is 7.13. The van der Waals surface area contributed by atoms with Gasteiger partial charge in [0.05, 0.1) is 25.1 Å². The third-order valence-corrected chi connectivity index (χ3v) is 5.11. The van der Waals surface area contributed by atoms with E-state index in [2.05, 4.69) is 15.3 Å². The fourth-order valence-corrected chi connectivity index (χ4v) is 3.82. The first-order valence-corrected chi connectivity index (χ1v) is 8.83. The molecule has 0 radical (unpaired) electrons. The third kappa shape index (κ3) is 3.77. The molecule has 4 rings (SSSR count). The van der Waals surface area contributed by atoms with E-state index in [0.717, 1.165) is 38.2 Å². The van der Waals surface area contributed by atoms with Crippen LogP contribution in [0.15, 0.2) is 35.2 Å². The monoisotopic (exact) mass is 344 g/mol. The number of fused-ring (bicyclic) bond motifs is 1. The predicted molar refractivity (Wildman–Crippen MR) is 90.4 cm³/mol. The molecular formula is C18H24N4O3. The number of hydrogen-bond donors (Lipinski definition) is 1. The fraction of sp³-hybridized carbons (Fsp3) is 0.556. The van der Waals surface area contributed by atoms with E-state index in [1.165, 1.54) is 5.56 Å². The SMILES string of the molecule is Cn1cc(CN2CC[C@H]3C[C@@H](C(=O)NCc4ccco4)O[C@@H]3C2)cn1. The lowest BCUT2D eigenvalue weighted by Gasteiger charge is -2.33. The van der Waals surface area contributed by atoms with E-state index in [-0.39, 0.29) is 18.1 Å². The van der Waals surface area contributed by atoms with Gasteiger partial charge >= 0.3 is 0 Å². The molecule has 0 unspecified atom stereocenters. The van der Waals surface area contributed by atoms with Crippen molar-refractivity contribution in [2.45, 2.75) is 38.1 Å². The van der Waals surface area contributed by atoms with Crippen molar-refractivity contribution in [1.29, 1.82) is 0 Å². The van der Waals surface area contributed by atoms with E-state index in [1.807, 2.05) is 36.3 Å². The van der Waals surface area contributed by atoms with Gasteiger partial charge in [-0.05, 0) is 37.4 Å². The Balaban J connectivity index is 1.28. The number of rotatable bonds is 5. The second kappa shape index (κ2) is 7.01. The highest BCUT2D eigenvalue weighted by molar-refractivity contribution is 5.81. The Bertz CT molecular complexity index is 712. The number of hydrogen-bond acceptors (Lipinski definition) is 5. The number of carbonyl (C=O) groups excluding carboxylic acids is 1. The van der Waals surface area contributed by atoms with E-state index < -0.39 is 0 Å². The first kappa shape index (κ1) is 16.4. The second-order valence-corrected chi connectivity index (χ2v) is 7.00. The van der Waals surface area contributed by atoms with Crippen molar-refractivity contribution >= 4 is 5.91 Å². The van der Waals surface area contributed by atoms with Crippen LogP contribution in [0, 0.1) is 5.92 Å². The lowest BCUT2D eigenvalue weighted by Crippen LogP contribution is -2.42. The minimum absolute atomic E-state index is 0.0374. The van der Waals surface area contributed by atoms with Crippen molar-refractivity contribution in [3.8, 4) is 0 Å². The molecule has 2 aromatic rings. The molecule has 0 aromatic carbocycles. The lowest BCUT2D eigenvalue weighted by molar-refractivity contribution is -0.133. The van der Waals surface area contributed by atoms with E-state index in [9.17, 15) is 4.79 Å². The normalized spacial score (nSPS) is 26.5.